The second kappa shape index (κ2) is 6.74. The first-order valence-corrected chi connectivity index (χ1v) is 9.03. The van der Waals surface area contributed by atoms with Crippen LogP contribution in [0.25, 0.3) is 5.69 Å². The number of likely N-dealkylation sites (tertiary alicyclic amines) is 1. The molecule has 2 heterocycles. The summed E-state index contributed by atoms with van der Waals surface area (Å²) in [6, 6.07) is 7.37. The van der Waals surface area contributed by atoms with Crippen LogP contribution in [0.4, 0.5) is 0 Å². The third-order valence-electron chi connectivity index (χ3n) is 4.37. The lowest BCUT2D eigenvalue weighted by Crippen LogP contribution is -2.48. The summed E-state index contributed by atoms with van der Waals surface area (Å²) in [5.74, 6) is 0.234. The van der Waals surface area contributed by atoms with E-state index in [1.54, 1.807) is 21.9 Å². The average Bonchev–Trinajstić information content (AvgIpc) is 3.10. The molecule has 1 N–H and O–H groups in total. The van der Waals surface area contributed by atoms with E-state index < -0.39 is 11.6 Å². The van der Waals surface area contributed by atoms with E-state index in [2.05, 4.69) is 10.2 Å². The van der Waals surface area contributed by atoms with E-state index in [1.165, 1.54) is 11.8 Å². The molecule has 2 aromatic rings. The molecule has 24 heavy (non-hydrogen) atoms. The normalized spacial score (nSPS) is 19.7. The second-order valence-corrected chi connectivity index (χ2v) is 7.63. The quantitative estimate of drug-likeness (QED) is 0.841. The number of aliphatic hydroxyl groups excluding tert-OH is 1. The maximum atomic E-state index is 12.5. The van der Waals surface area contributed by atoms with Gasteiger partial charge in [0, 0.05) is 11.6 Å². The Balaban J connectivity index is 1.70. The summed E-state index contributed by atoms with van der Waals surface area (Å²) >= 11 is 7.35. The minimum absolute atomic E-state index is 0.0119. The van der Waals surface area contributed by atoms with E-state index in [4.69, 9.17) is 11.6 Å². The number of hydrogen-bond donors (Lipinski definition) is 1. The molecule has 1 aliphatic heterocycles. The van der Waals surface area contributed by atoms with E-state index in [0.717, 1.165) is 5.69 Å². The Bertz CT molecular complexity index is 749. The standard InChI is InChI=1S/C16H19ClN4O2S/c1-16(2)13(22)6-7-21(16)14(23)9-24-15-19-18-10-20(15)12-5-3-4-11(17)8-12/h3-5,8,10,13,22H,6-7,9H2,1-2H3/t13-/m1/s1. The molecule has 3 rings (SSSR count). The number of hydrogen-bond acceptors (Lipinski definition) is 5. The number of thioether (sulfide) groups is 1. The molecule has 1 saturated heterocycles. The molecule has 0 aliphatic carbocycles. The minimum atomic E-state index is -0.529. The maximum absolute atomic E-state index is 12.5. The predicted molar refractivity (Wildman–Crippen MR) is 93.5 cm³/mol. The van der Waals surface area contributed by atoms with E-state index in [-0.39, 0.29) is 11.7 Å². The molecule has 128 valence electrons. The number of nitrogens with zero attached hydrogens (tertiary/aromatic N) is 4. The zero-order valence-electron chi connectivity index (χ0n) is 13.5. The van der Waals surface area contributed by atoms with Crippen LogP contribution in [-0.4, -0.2) is 54.6 Å². The molecule has 1 aliphatic rings. The number of carbonyl (C=O) groups excluding carboxylic acids is 1. The summed E-state index contributed by atoms with van der Waals surface area (Å²) in [6.07, 6.45) is 1.73. The molecule has 1 fully saturated rings. The topological polar surface area (TPSA) is 71.2 Å². The Morgan fingerprint density at radius 3 is 2.96 bits per heavy atom. The summed E-state index contributed by atoms with van der Waals surface area (Å²) in [4.78, 5) is 14.3. The molecule has 0 unspecified atom stereocenters. The van der Waals surface area contributed by atoms with Gasteiger partial charge in [0.25, 0.3) is 0 Å². The summed E-state index contributed by atoms with van der Waals surface area (Å²) in [7, 11) is 0. The molecule has 0 saturated carbocycles. The first-order chi connectivity index (χ1) is 11.4. The van der Waals surface area contributed by atoms with Crippen LogP contribution in [0, 0.1) is 0 Å². The number of aromatic nitrogens is 3. The van der Waals surface area contributed by atoms with Crippen molar-refractivity contribution >= 4 is 29.3 Å². The highest BCUT2D eigenvalue weighted by atomic mass is 35.5. The number of carbonyl (C=O) groups is 1. The van der Waals surface area contributed by atoms with Gasteiger partial charge < -0.3 is 10.0 Å². The molecule has 1 atom stereocenters. The van der Waals surface area contributed by atoms with E-state index in [1.807, 2.05) is 32.0 Å². The average molecular weight is 367 g/mol. The van der Waals surface area contributed by atoms with Gasteiger partial charge in [-0.3, -0.25) is 9.36 Å². The minimum Gasteiger partial charge on any atom is -0.391 e. The van der Waals surface area contributed by atoms with Gasteiger partial charge in [0.15, 0.2) is 5.16 Å². The summed E-state index contributed by atoms with van der Waals surface area (Å²) in [5, 5.41) is 19.3. The van der Waals surface area contributed by atoms with Gasteiger partial charge in [-0.2, -0.15) is 0 Å². The fraction of sp³-hybridized carbons (Fsp3) is 0.438. The van der Waals surface area contributed by atoms with Gasteiger partial charge in [-0.05, 0) is 38.5 Å². The van der Waals surface area contributed by atoms with E-state index in [0.29, 0.717) is 23.1 Å². The maximum Gasteiger partial charge on any atom is 0.233 e. The number of rotatable bonds is 4. The Kier molecular flexibility index (Phi) is 4.85. The molecule has 1 amide bonds. The number of halogens is 1. The van der Waals surface area contributed by atoms with Crippen molar-refractivity contribution < 1.29 is 9.90 Å². The molecular weight excluding hydrogens is 348 g/mol. The van der Waals surface area contributed by atoms with Crippen molar-refractivity contribution in [1.29, 1.82) is 0 Å². The van der Waals surface area contributed by atoms with Gasteiger partial charge in [0.1, 0.15) is 6.33 Å². The van der Waals surface area contributed by atoms with Crippen molar-refractivity contribution in [1.82, 2.24) is 19.7 Å². The molecule has 0 bridgehead atoms. The van der Waals surface area contributed by atoms with Crippen molar-refractivity contribution in [2.75, 3.05) is 12.3 Å². The molecular formula is C16H19ClN4O2S. The van der Waals surface area contributed by atoms with Crippen LogP contribution >= 0.6 is 23.4 Å². The molecule has 1 aromatic heterocycles. The van der Waals surface area contributed by atoms with Crippen LogP contribution in [0.5, 0.6) is 0 Å². The van der Waals surface area contributed by atoms with Crippen molar-refractivity contribution in [2.45, 2.75) is 37.1 Å². The van der Waals surface area contributed by atoms with Crippen LogP contribution in [0.1, 0.15) is 20.3 Å². The Hall–Kier alpha value is -1.57. The molecule has 0 spiro atoms. The zero-order chi connectivity index (χ0) is 17.3. The van der Waals surface area contributed by atoms with Gasteiger partial charge in [0.2, 0.25) is 5.91 Å². The first kappa shape index (κ1) is 17.3. The first-order valence-electron chi connectivity index (χ1n) is 7.67. The lowest BCUT2D eigenvalue weighted by atomic mass is 9.99. The summed E-state index contributed by atoms with van der Waals surface area (Å²) < 4.78 is 1.80. The smallest absolute Gasteiger partial charge is 0.233 e. The highest BCUT2D eigenvalue weighted by Crippen LogP contribution is 2.30. The Morgan fingerprint density at radius 1 is 1.50 bits per heavy atom. The summed E-state index contributed by atoms with van der Waals surface area (Å²) in [6.45, 7) is 4.36. The lowest BCUT2D eigenvalue weighted by molar-refractivity contribution is -0.133. The number of benzene rings is 1. The van der Waals surface area contributed by atoms with Crippen LogP contribution < -0.4 is 0 Å². The Labute approximate surface area is 149 Å². The van der Waals surface area contributed by atoms with Crippen molar-refractivity contribution in [2.24, 2.45) is 0 Å². The zero-order valence-corrected chi connectivity index (χ0v) is 15.1. The van der Waals surface area contributed by atoms with Crippen LogP contribution in [0.3, 0.4) is 0 Å². The number of amides is 1. The largest absolute Gasteiger partial charge is 0.391 e. The van der Waals surface area contributed by atoms with Crippen LogP contribution in [0.2, 0.25) is 5.02 Å². The fourth-order valence-electron chi connectivity index (χ4n) is 2.85. The van der Waals surface area contributed by atoms with Crippen molar-refractivity contribution in [3.05, 3.63) is 35.6 Å². The highest BCUT2D eigenvalue weighted by Gasteiger charge is 2.42. The van der Waals surface area contributed by atoms with Gasteiger partial charge in [-0.25, -0.2) is 0 Å². The Morgan fingerprint density at radius 2 is 2.29 bits per heavy atom. The third kappa shape index (κ3) is 3.29. The molecule has 0 radical (unpaired) electrons. The monoisotopic (exact) mass is 366 g/mol. The molecule has 6 nitrogen and oxygen atoms in total. The fourth-order valence-corrected chi connectivity index (χ4v) is 3.84. The van der Waals surface area contributed by atoms with Crippen molar-refractivity contribution in [3.8, 4) is 5.69 Å². The summed E-state index contributed by atoms with van der Waals surface area (Å²) in [5.41, 5.74) is 0.317. The van der Waals surface area contributed by atoms with Crippen molar-refractivity contribution in [3.63, 3.8) is 0 Å². The van der Waals surface area contributed by atoms with Gasteiger partial charge in [-0.1, -0.05) is 29.4 Å². The van der Waals surface area contributed by atoms with Gasteiger partial charge in [-0.15, -0.1) is 10.2 Å². The van der Waals surface area contributed by atoms with E-state index in [9.17, 15) is 9.90 Å². The predicted octanol–water partition coefficient (Wildman–Crippen LogP) is 2.38. The van der Waals surface area contributed by atoms with E-state index >= 15 is 0 Å². The SMILES string of the molecule is CC1(C)[C@H](O)CCN1C(=O)CSc1nncn1-c1cccc(Cl)c1. The third-order valence-corrected chi connectivity index (χ3v) is 5.53. The van der Waals surface area contributed by atoms with Crippen LogP contribution in [0.15, 0.2) is 35.7 Å². The van der Waals surface area contributed by atoms with Gasteiger partial charge >= 0.3 is 0 Å². The molecule has 1 aromatic carbocycles. The van der Waals surface area contributed by atoms with Crippen LogP contribution in [-0.2, 0) is 4.79 Å². The molecule has 8 heteroatoms. The lowest BCUT2D eigenvalue weighted by Gasteiger charge is -2.33. The second-order valence-electron chi connectivity index (χ2n) is 6.26. The number of aliphatic hydroxyl groups is 1. The van der Waals surface area contributed by atoms with Gasteiger partial charge in [0.05, 0.1) is 23.1 Å². The highest BCUT2D eigenvalue weighted by molar-refractivity contribution is 7.99.